The Morgan fingerprint density at radius 3 is 2.62 bits per heavy atom. The molecular formula is C13H21N3. The van der Waals surface area contributed by atoms with E-state index in [4.69, 9.17) is 0 Å². The molecule has 88 valence electrons. The van der Waals surface area contributed by atoms with Crippen LogP contribution in [0.15, 0.2) is 6.33 Å². The van der Waals surface area contributed by atoms with E-state index >= 15 is 0 Å². The Balaban J connectivity index is 1.91. The van der Waals surface area contributed by atoms with Gasteiger partial charge in [-0.05, 0) is 12.8 Å². The second-order valence-corrected chi connectivity index (χ2v) is 5.26. The zero-order valence-electron chi connectivity index (χ0n) is 9.89. The third-order valence-corrected chi connectivity index (χ3v) is 4.22. The first-order valence-electron chi connectivity index (χ1n) is 6.68. The average Bonchev–Trinajstić information content (AvgIpc) is 2.73. The van der Waals surface area contributed by atoms with E-state index in [2.05, 4.69) is 15.3 Å². The van der Waals surface area contributed by atoms with Crippen molar-refractivity contribution in [2.45, 2.75) is 56.9 Å². The molecule has 3 rings (SSSR count). The van der Waals surface area contributed by atoms with E-state index in [9.17, 15) is 0 Å². The van der Waals surface area contributed by atoms with E-state index in [-0.39, 0.29) is 5.54 Å². The van der Waals surface area contributed by atoms with Crippen LogP contribution in [-0.4, -0.2) is 16.5 Å². The lowest BCUT2D eigenvalue weighted by molar-refractivity contribution is 0.234. The highest BCUT2D eigenvalue weighted by Crippen LogP contribution is 2.37. The van der Waals surface area contributed by atoms with Crippen LogP contribution in [0, 0.1) is 0 Å². The number of fused-ring (bicyclic) bond motifs is 2. The summed E-state index contributed by atoms with van der Waals surface area (Å²) >= 11 is 0. The average molecular weight is 219 g/mol. The van der Waals surface area contributed by atoms with Gasteiger partial charge in [-0.1, -0.05) is 32.1 Å². The van der Waals surface area contributed by atoms with Gasteiger partial charge < -0.3 is 10.3 Å². The van der Waals surface area contributed by atoms with Crippen molar-refractivity contribution in [2.75, 3.05) is 6.54 Å². The van der Waals surface area contributed by atoms with Gasteiger partial charge in [0.25, 0.3) is 0 Å². The summed E-state index contributed by atoms with van der Waals surface area (Å²) in [6.45, 7) is 1.11. The number of imidazole rings is 1. The van der Waals surface area contributed by atoms with Gasteiger partial charge in [0.2, 0.25) is 0 Å². The van der Waals surface area contributed by atoms with Crippen LogP contribution in [0.4, 0.5) is 0 Å². The molecule has 0 saturated heterocycles. The van der Waals surface area contributed by atoms with E-state index < -0.39 is 0 Å². The largest absolute Gasteiger partial charge is 0.348 e. The number of H-pyrrole nitrogens is 1. The molecule has 1 aromatic rings. The lowest BCUT2D eigenvalue weighted by Gasteiger charge is -2.39. The van der Waals surface area contributed by atoms with Gasteiger partial charge in [-0.2, -0.15) is 0 Å². The molecule has 1 spiro atoms. The van der Waals surface area contributed by atoms with E-state index in [1.807, 2.05) is 6.33 Å². The Hall–Kier alpha value is -0.830. The summed E-state index contributed by atoms with van der Waals surface area (Å²) in [4.78, 5) is 7.90. The highest BCUT2D eigenvalue weighted by molar-refractivity contribution is 5.25. The van der Waals surface area contributed by atoms with Crippen LogP contribution >= 0.6 is 0 Å². The quantitative estimate of drug-likeness (QED) is 0.704. The van der Waals surface area contributed by atoms with Crippen LogP contribution in [0.5, 0.6) is 0 Å². The Morgan fingerprint density at radius 2 is 1.81 bits per heavy atom. The lowest BCUT2D eigenvalue weighted by Crippen LogP contribution is -2.47. The second-order valence-electron chi connectivity index (χ2n) is 5.26. The van der Waals surface area contributed by atoms with Crippen molar-refractivity contribution in [3.8, 4) is 0 Å². The minimum Gasteiger partial charge on any atom is -0.348 e. The van der Waals surface area contributed by atoms with Gasteiger partial charge in [0.05, 0.1) is 17.6 Å². The minimum atomic E-state index is 0.202. The molecule has 0 aromatic carbocycles. The van der Waals surface area contributed by atoms with Gasteiger partial charge in [-0.25, -0.2) is 4.98 Å². The Morgan fingerprint density at radius 1 is 1.06 bits per heavy atom. The van der Waals surface area contributed by atoms with Crippen molar-refractivity contribution in [1.29, 1.82) is 0 Å². The molecule has 3 nitrogen and oxygen atoms in total. The standard InChI is InChI=1S/C13H21N3/c1-2-4-7-13(8-5-3-1)12-11(6-9-16-13)14-10-15-12/h10,16H,1-9H2,(H,14,15). The molecule has 0 unspecified atom stereocenters. The van der Waals surface area contributed by atoms with Crippen molar-refractivity contribution in [3.05, 3.63) is 17.7 Å². The molecule has 0 radical (unpaired) electrons. The van der Waals surface area contributed by atoms with Gasteiger partial charge in [0, 0.05) is 18.7 Å². The molecule has 1 aliphatic carbocycles. The lowest BCUT2D eigenvalue weighted by atomic mass is 9.78. The van der Waals surface area contributed by atoms with Gasteiger partial charge in [0.1, 0.15) is 0 Å². The molecule has 16 heavy (non-hydrogen) atoms. The Bertz CT molecular complexity index is 348. The van der Waals surface area contributed by atoms with Crippen LogP contribution in [0.1, 0.15) is 56.3 Å². The smallest absolute Gasteiger partial charge is 0.0926 e. The maximum atomic E-state index is 4.59. The molecule has 1 aromatic heterocycles. The summed E-state index contributed by atoms with van der Waals surface area (Å²) in [5.74, 6) is 0. The maximum absolute atomic E-state index is 4.59. The summed E-state index contributed by atoms with van der Waals surface area (Å²) in [6, 6.07) is 0. The van der Waals surface area contributed by atoms with Crippen molar-refractivity contribution in [3.63, 3.8) is 0 Å². The van der Waals surface area contributed by atoms with Crippen LogP contribution in [-0.2, 0) is 12.0 Å². The Labute approximate surface area is 97.0 Å². The first-order chi connectivity index (χ1) is 7.91. The highest BCUT2D eigenvalue weighted by atomic mass is 15.1. The summed E-state index contributed by atoms with van der Waals surface area (Å²) in [7, 11) is 0. The predicted octanol–water partition coefficient (Wildman–Crippen LogP) is 2.50. The first-order valence-corrected chi connectivity index (χ1v) is 6.68. The van der Waals surface area contributed by atoms with Crippen molar-refractivity contribution >= 4 is 0 Å². The molecular weight excluding hydrogens is 198 g/mol. The molecule has 2 heterocycles. The van der Waals surface area contributed by atoms with Crippen molar-refractivity contribution in [1.82, 2.24) is 15.3 Å². The van der Waals surface area contributed by atoms with Crippen LogP contribution < -0.4 is 5.32 Å². The number of hydrogen-bond acceptors (Lipinski definition) is 2. The number of rotatable bonds is 0. The molecule has 1 aliphatic heterocycles. The number of aromatic nitrogens is 2. The third-order valence-electron chi connectivity index (χ3n) is 4.22. The van der Waals surface area contributed by atoms with Crippen molar-refractivity contribution in [2.24, 2.45) is 0 Å². The molecule has 1 saturated carbocycles. The number of nitrogens with zero attached hydrogens (tertiary/aromatic N) is 1. The molecule has 0 bridgehead atoms. The Kier molecular flexibility index (Phi) is 2.72. The van der Waals surface area contributed by atoms with Crippen LogP contribution in [0.25, 0.3) is 0 Å². The zero-order valence-corrected chi connectivity index (χ0v) is 9.89. The van der Waals surface area contributed by atoms with Gasteiger partial charge >= 0.3 is 0 Å². The minimum absolute atomic E-state index is 0.202. The normalized spacial score (nSPS) is 24.8. The fourth-order valence-corrected chi connectivity index (χ4v) is 3.36. The highest BCUT2D eigenvalue weighted by Gasteiger charge is 2.37. The number of nitrogens with one attached hydrogen (secondary N) is 2. The van der Waals surface area contributed by atoms with E-state index in [0.29, 0.717) is 0 Å². The second kappa shape index (κ2) is 4.21. The molecule has 1 fully saturated rings. The fourth-order valence-electron chi connectivity index (χ4n) is 3.36. The fraction of sp³-hybridized carbons (Fsp3) is 0.769. The summed E-state index contributed by atoms with van der Waals surface area (Å²) < 4.78 is 0. The zero-order chi connectivity index (χ0) is 10.8. The molecule has 3 heteroatoms. The number of hydrogen-bond donors (Lipinski definition) is 2. The summed E-state index contributed by atoms with van der Waals surface area (Å²) in [5, 5.41) is 3.76. The van der Waals surface area contributed by atoms with Crippen LogP contribution in [0.2, 0.25) is 0 Å². The molecule has 2 N–H and O–H groups in total. The van der Waals surface area contributed by atoms with Gasteiger partial charge in [-0.15, -0.1) is 0 Å². The topological polar surface area (TPSA) is 40.7 Å². The molecule has 0 amide bonds. The SMILES string of the molecule is c1nc2c([nH]1)CCNC21CCCCCCC1. The predicted molar refractivity (Wildman–Crippen MR) is 64.3 cm³/mol. The van der Waals surface area contributed by atoms with Crippen LogP contribution in [0.3, 0.4) is 0 Å². The van der Waals surface area contributed by atoms with E-state index in [1.54, 1.807) is 0 Å². The van der Waals surface area contributed by atoms with Gasteiger partial charge in [-0.3, -0.25) is 0 Å². The summed E-state index contributed by atoms with van der Waals surface area (Å²) in [6.07, 6.45) is 12.4. The monoisotopic (exact) mass is 219 g/mol. The number of aromatic amines is 1. The van der Waals surface area contributed by atoms with Crippen molar-refractivity contribution < 1.29 is 0 Å². The van der Waals surface area contributed by atoms with Gasteiger partial charge in [0.15, 0.2) is 0 Å². The van der Waals surface area contributed by atoms with E-state index in [1.165, 1.54) is 56.3 Å². The molecule has 0 atom stereocenters. The maximum Gasteiger partial charge on any atom is 0.0926 e. The summed E-state index contributed by atoms with van der Waals surface area (Å²) in [5.41, 5.74) is 2.90. The first kappa shape index (κ1) is 10.3. The van der Waals surface area contributed by atoms with E-state index in [0.717, 1.165) is 13.0 Å². The molecule has 2 aliphatic rings. The third kappa shape index (κ3) is 1.67.